The molecule has 0 aromatic rings. The van der Waals surface area contributed by atoms with Crippen molar-refractivity contribution in [2.45, 2.75) is 37.8 Å². The number of nitrogens with zero attached hydrogens (tertiary/aromatic N) is 1. The van der Waals surface area contributed by atoms with Crippen molar-refractivity contribution < 1.29 is 24.5 Å². The Morgan fingerprint density at radius 2 is 2.16 bits per heavy atom. The van der Waals surface area contributed by atoms with Crippen LogP contribution < -0.4 is 0 Å². The van der Waals surface area contributed by atoms with Gasteiger partial charge in [-0.25, -0.2) is 0 Å². The molecule has 0 bridgehead atoms. The van der Waals surface area contributed by atoms with Gasteiger partial charge in [0.2, 0.25) is 0 Å². The van der Waals surface area contributed by atoms with Crippen molar-refractivity contribution in [2.24, 2.45) is 0 Å². The summed E-state index contributed by atoms with van der Waals surface area (Å²) in [5.74, 6) is -0.820. The summed E-state index contributed by atoms with van der Waals surface area (Å²) in [7, 11) is 1.59. The smallest absolute Gasteiger partial charge is 0.323 e. The van der Waals surface area contributed by atoms with Gasteiger partial charge in [0, 0.05) is 13.7 Å². The molecule has 0 aromatic heterocycles. The standard InChI is InChI=1S/C13H25NO5/c1-13(12(16)17)5-3-4-6-14(13)9-11(15)10-19-8-7-18-2/h11,15H,3-10H2,1-2H3,(H,16,17). The molecule has 1 saturated heterocycles. The van der Waals surface area contributed by atoms with Crippen molar-refractivity contribution in [3.63, 3.8) is 0 Å². The number of hydrogen-bond donors (Lipinski definition) is 2. The van der Waals surface area contributed by atoms with E-state index in [1.807, 2.05) is 4.90 Å². The Morgan fingerprint density at radius 1 is 1.42 bits per heavy atom. The van der Waals surface area contributed by atoms with Crippen LogP contribution in [0.4, 0.5) is 0 Å². The summed E-state index contributed by atoms with van der Waals surface area (Å²) in [6.07, 6.45) is 1.84. The van der Waals surface area contributed by atoms with Crippen molar-refractivity contribution >= 4 is 5.97 Å². The number of aliphatic hydroxyl groups excluding tert-OH is 1. The molecule has 112 valence electrons. The zero-order valence-electron chi connectivity index (χ0n) is 11.8. The van der Waals surface area contributed by atoms with Crippen LogP contribution in [0.5, 0.6) is 0 Å². The minimum atomic E-state index is -0.869. The molecule has 1 aliphatic rings. The van der Waals surface area contributed by atoms with Gasteiger partial charge in [0.15, 0.2) is 0 Å². The molecule has 1 aliphatic heterocycles. The minimum Gasteiger partial charge on any atom is -0.480 e. The van der Waals surface area contributed by atoms with Crippen LogP contribution in [0.25, 0.3) is 0 Å². The van der Waals surface area contributed by atoms with E-state index >= 15 is 0 Å². The molecular formula is C13H25NO5. The Bertz CT molecular complexity index is 286. The van der Waals surface area contributed by atoms with E-state index < -0.39 is 17.6 Å². The predicted molar refractivity (Wildman–Crippen MR) is 70.2 cm³/mol. The highest BCUT2D eigenvalue weighted by molar-refractivity contribution is 5.78. The summed E-state index contributed by atoms with van der Waals surface area (Å²) in [4.78, 5) is 13.2. The molecule has 1 rings (SSSR count). The van der Waals surface area contributed by atoms with Crippen LogP contribution in [0.15, 0.2) is 0 Å². The first-order chi connectivity index (χ1) is 9.00. The molecular weight excluding hydrogens is 250 g/mol. The monoisotopic (exact) mass is 275 g/mol. The Morgan fingerprint density at radius 3 is 2.79 bits per heavy atom. The van der Waals surface area contributed by atoms with Gasteiger partial charge in [-0.3, -0.25) is 9.69 Å². The first-order valence-electron chi connectivity index (χ1n) is 6.74. The molecule has 0 amide bonds. The zero-order chi connectivity index (χ0) is 14.3. The summed E-state index contributed by atoms with van der Waals surface area (Å²) < 4.78 is 10.1. The number of likely N-dealkylation sites (tertiary alicyclic amines) is 1. The maximum absolute atomic E-state index is 11.4. The minimum absolute atomic E-state index is 0.204. The number of β-amino-alcohol motifs (C(OH)–C–C–N with tert-alkyl or cyclic N) is 1. The number of carboxylic acids is 1. The van der Waals surface area contributed by atoms with Gasteiger partial charge < -0.3 is 19.7 Å². The molecule has 2 atom stereocenters. The fourth-order valence-electron chi connectivity index (χ4n) is 2.38. The number of hydrogen-bond acceptors (Lipinski definition) is 5. The Hall–Kier alpha value is -0.690. The molecule has 2 unspecified atom stereocenters. The largest absolute Gasteiger partial charge is 0.480 e. The van der Waals surface area contributed by atoms with Crippen molar-refractivity contribution in [1.29, 1.82) is 0 Å². The van der Waals surface area contributed by atoms with E-state index in [0.29, 0.717) is 32.7 Å². The second-order valence-electron chi connectivity index (χ2n) is 5.20. The average molecular weight is 275 g/mol. The first kappa shape index (κ1) is 16.4. The number of aliphatic hydroxyl groups is 1. The Balaban J connectivity index is 2.42. The highest BCUT2D eigenvalue weighted by Crippen LogP contribution is 2.28. The number of piperidine rings is 1. The van der Waals surface area contributed by atoms with E-state index in [2.05, 4.69) is 0 Å². The third-order valence-electron chi connectivity index (χ3n) is 3.67. The van der Waals surface area contributed by atoms with Gasteiger partial charge in [-0.1, -0.05) is 0 Å². The lowest BCUT2D eigenvalue weighted by atomic mass is 9.88. The fourth-order valence-corrected chi connectivity index (χ4v) is 2.38. The van der Waals surface area contributed by atoms with Crippen molar-refractivity contribution in [1.82, 2.24) is 4.90 Å². The maximum Gasteiger partial charge on any atom is 0.323 e. The van der Waals surface area contributed by atoms with Crippen LogP contribution in [0.3, 0.4) is 0 Å². The lowest BCUT2D eigenvalue weighted by Crippen LogP contribution is -2.57. The van der Waals surface area contributed by atoms with E-state index in [1.54, 1.807) is 14.0 Å². The van der Waals surface area contributed by atoms with E-state index in [9.17, 15) is 15.0 Å². The SMILES string of the molecule is COCCOCC(O)CN1CCCCC1(C)C(=O)O. The van der Waals surface area contributed by atoms with Gasteiger partial charge in [0.1, 0.15) is 5.54 Å². The van der Waals surface area contributed by atoms with Crippen LogP contribution in [0.1, 0.15) is 26.2 Å². The number of rotatable bonds is 8. The van der Waals surface area contributed by atoms with E-state index in [4.69, 9.17) is 9.47 Å². The van der Waals surface area contributed by atoms with Gasteiger partial charge in [-0.2, -0.15) is 0 Å². The van der Waals surface area contributed by atoms with Crippen molar-refractivity contribution in [2.75, 3.05) is 40.0 Å². The number of aliphatic carboxylic acids is 1. The third kappa shape index (κ3) is 4.72. The van der Waals surface area contributed by atoms with Gasteiger partial charge in [-0.05, 0) is 32.7 Å². The highest BCUT2D eigenvalue weighted by atomic mass is 16.5. The van der Waals surface area contributed by atoms with E-state index in [0.717, 1.165) is 12.8 Å². The number of carbonyl (C=O) groups is 1. The van der Waals surface area contributed by atoms with Crippen molar-refractivity contribution in [3.8, 4) is 0 Å². The molecule has 19 heavy (non-hydrogen) atoms. The molecule has 2 N–H and O–H groups in total. The molecule has 1 fully saturated rings. The molecule has 0 spiro atoms. The number of ether oxygens (including phenoxy) is 2. The molecule has 6 heteroatoms. The molecule has 0 aromatic carbocycles. The molecule has 1 heterocycles. The molecule has 0 aliphatic carbocycles. The van der Waals surface area contributed by atoms with Crippen LogP contribution in [-0.4, -0.2) is 72.7 Å². The topological polar surface area (TPSA) is 79.2 Å². The van der Waals surface area contributed by atoms with Gasteiger partial charge in [0.05, 0.1) is 25.9 Å². The van der Waals surface area contributed by atoms with Gasteiger partial charge in [0.25, 0.3) is 0 Å². The van der Waals surface area contributed by atoms with Crippen molar-refractivity contribution in [3.05, 3.63) is 0 Å². The second-order valence-corrected chi connectivity index (χ2v) is 5.20. The van der Waals surface area contributed by atoms with E-state index in [-0.39, 0.29) is 6.61 Å². The normalized spacial score (nSPS) is 26.3. The average Bonchev–Trinajstić information content (AvgIpc) is 2.37. The molecule has 6 nitrogen and oxygen atoms in total. The van der Waals surface area contributed by atoms with Crippen LogP contribution in [-0.2, 0) is 14.3 Å². The molecule has 0 radical (unpaired) electrons. The number of methoxy groups -OCH3 is 1. The maximum atomic E-state index is 11.4. The Labute approximate surface area is 114 Å². The highest BCUT2D eigenvalue weighted by Gasteiger charge is 2.41. The first-order valence-corrected chi connectivity index (χ1v) is 6.74. The van der Waals surface area contributed by atoms with Gasteiger partial charge in [-0.15, -0.1) is 0 Å². The summed E-state index contributed by atoms with van der Waals surface area (Å²) in [6.45, 7) is 3.89. The summed E-state index contributed by atoms with van der Waals surface area (Å²) in [5.41, 5.74) is -0.869. The predicted octanol–water partition coefficient (Wildman–Crippen LogP) is 0.340. The zero-order valence-corrected chi connectivity index (χ0v) is 11.8. The Kier molecular flexibility index (Phi) is 6.71. The van der Waals surface area contributed by atoms with Crippen LogP contribution in [0.2, 0.25) is 0 Å². The third-order valence-corrected chi connectivity index (χ3v) is 3.67. The quantitative estimate of drug-likeness (QED) is 0.622. The van der Waals surface area contributed by atoms with E-state index in [1.165, 1.54) is 0 Å². The van der Waals surface area contributed by atoms with Gasteiger partial charge >= 0.3 is 5.97 Å². The molecule has 0 saturated carbocycles. The number of carboxylic acid groups (broad SMARTS) is 1. The second kappa shape index (κ2) is 7.79. The lowest BCUT2D eigenvalue weighted by molar-refractivity contribution is -0.154. The van der Waals surface area contributed by atoms with Crippen LogP contribution >= 0.6 is 0 Å². The summed E-state index contributed by atoms with van der Waals surface area (Å²) >= 11 is 0. The summed E-state index contributed by atoms with van der Waals surface area (Å²) in [5, 5.41) is 19.3. The van der Waals surface area contributed by atoms with Crippen LogP contribution in [0, 0.1) is 0 Å². The lowest BCUT2D eigenvalue weighted by Gasteiger charge is -2.42. The summed E-state index contributed by atoms with van der Waals surface area (Å²) in [6, 6.07) is 0. The fraction of sp³-hybridized carbons (Fsp3) is 0.923.